The number of aryl methyl sites for hydroxylation is 2. The highest BCUT2D eigenvalue weighted by molar-refractivity contribution is 6.09. The lowest BCUT2D eigenvalue weighted by Crippen LogP contribution is -2.06. The van der Waals surface area contributed by atoms with E-state index in [0.29, 0.717) is 0 Å². The molecule has 0 radical (unpaired) electrons. The number of fused-ring (bicyclic) bond motifs is 1. The molecule has 0 aliphatic heterocycles. The van der Waals surface area contributed by atoms with Crippen molar-refractivity contribution in [3.63, 3.8) is 0 Å². The third kappa shape index (κ3) is 1.88. The Morgan fingerprint density at radius 2 is 2.06 bits per heavy atom. The fourth-order valence-electron chi connectivity index (χ4n) is 2.30. The number of benzene rings is 1. The van der Waals surface area contributed by atoms with Crippen molar-refractivity contribution in [1.29, 1.82) is 0 Å². The van der Waals surface area contributed by atoms with Crippen LogP contribution in [0.4, 0.5) is 0 Å². The van der Waals surface area contributed by atoms with Crippen molar-refractivity contribution in [1.82, 2.24) is 4.57 Å². The van der Waals surface area contributed by atoms with E-state index in [0.717, 1.165) is 17.5 Å². The van der Waals surface area contributed by atoms with Gasteiger partial charge in [0.1, 0.15) is 0 Å². The van der Waals surface area contributed by atoms with E-state index >= 15 is 0 Å². The molecule has 0 saturated heterocycles. The summed E-state index contributed by atoms with van der Waals surface area (Å²) in [7, 11) is 0. The van der Waals surface area contributed by atoms with Gasteiger partial charge in [-0.2, -0.15) is 0 Å². The highest BCUT2D eigenvalue weighted by Crippen LogP contribution is 2.26. The monoisotopic (exact) mass is 229 g/mol. The minimum atomic E-state index is 0.0476. The Balaban J connectivity index is 2.74. The second-order valence-electron chi connectivity index (χ2n) is 4.82. The van der Waals surface area contributed by atoms with Gasteiger partial charge >= 0.3 is 0 Å². The predicted molar refractivity (Wildman–Crippen MR) is 71.5 cm³/mol. The lowest BCUT2D eigenvalue weighted by molar-refractivity contribution is 0.0941. The second-order valence-corrected chi connectivity index (χ2v) is 4.82. The molecule has 2 nitrogen and oxygen atoms in total. The summed E-state index contributed by atoms with van der Waals surface area (Å²) in [6.07, 6.45) is 2.00. The minimum Gasteiger partial charge on any atom is -0.347 e. The van der Waals surface area contributed by atoms with Crippen LogP contribution in [0.15, 0.2) is 24.4 Å². The van der Waals surface area contributed by atoms with Gasteiger partial charge in [0, 0.05) is 29.6 Å². The predicted octanol–water partition coefficient (Wildman–Crippen LogP) is 3.81. The summed E-state index contributed by atoms with van der Waals surface area (Å²) in [4.78, 5) is 12.2. The molecule has 2 aromatic rings. The number of hydrogen-bond acceptors (Lipinski definition) is 1. The number of carbonyl (C=O) groups is 1. The Kier molecular flexibility index (Phi) is 3.05. The Labute approximate surface area is 102 Å². The van der Waals surface area contributed by atoms with Gasteiger partial charge in [0.15, 0.2) is 5.78 Å². The van der Waals surface area contributed by atoms with Crippen LogP contribution in [0, 0.1) is 12.8 Å². The maximum Gasteiger partial charge on any atom is 0.167 e. The average molecular weight is 229 g/mol. The van der Waals surface area contributed by atoms with Crippen LogP contribution in [0.1, 0.15) is 36.7 Å². The summed E-state index contributed by atoms with van der Waals surface area (Å²) in [5, 5.41) is 1.09. The van der Waals surface area contributed by atoms with Crippen LogP contribution in [0.5, 0.6) is 0 Å². The lowest BCUT2D eigenvalue weighted by atomic mass is 10.00. The highest BCUT2D eigenvalue weighted by atomic mass is 16.1. The first-order chi connectivity index (χ1) is 8.06. The van der Waals surface area contributed by atoms with Crippen molar-refractivity contribution in [2.24, 2.45) is 5.92 Å². The van der Waals surface area contributed by atoms with Gasteiger partial charge in [-0.3, -0.25) is 4.79 Å². The molecular formula is C15H19NO. The molecule has 0 spiro atoms. The van der Waals surface area contributed by atoms with Crippen LogP contribution >= 0.6 is 0 Å². The largest absolute Gasteiger partial charge is 0.347 e. The molecular weight excluding hydrogens is 210 g/mol. The standard InChI is InChI=1S/C15H19NO/c1-5-16-9-13(15(17)10(2)3)12-8-6-7-11(4)14(12)16/h6-10H,5H2,1-4H3. The molecule has 2 rings (SSSR count). The summed E-state index contributed by atoms with van der Waals surface area (Å²) in [5.74, 6) is 0.277. The number of Topliss-reactive ketones (excluding diaryl/α,β-unsaturated/α-hetero) is 1. The molecule has 0 saturated carbocycles. The van der Waals surface area contributed by atoms with Gasteiger partial charge in [-0.25, -0.2) is 0 Å². The number of nitrogens with zero attached hydrogens (tertiary/aromatic N) is 1. The molecule has 0 unspecified atom stereocenters. The minimum absolute atomic E-state index is 0.0476. The van der Waals surface area contributed by atoms with E-state index in [1.807, 2.05) is 32.2 Å². The van der Waals surface area contributed by atoms with Crippen molar-refractivity contribution in [3.8, 4) is 0 Å². The third-order valence-corrected chi connectivity index (χ3v) is 3.23. The molecule has 0 amide bonds. The maximum absolute atomic E-state index is 12.2. The van der Waals surface area contributed by atoms with Gasteiger partial charge in [0.25, 0.3) is 0 Å². The van der Waals surface area contributed by atoms with Crippen LogP contribution in [0.25, 0.3) is 10.9 Å². The summed E-state index contributed by atoms with van der Waals surface area (Å²) >= 11 is 0. The number of para-hydroxylation sites is 1. The number of carbonyl (C=O) groups excluding carboxylic acids is 1. The topological polar surface area (TPSA) is 22.0 Å². The van der Waals surface area contributed by atoms with Crippen molar-refractivity contribution in [3.05, 3.63) is 35.5 Å². The van der Waals surface area contributed by atoms with E-state index in [9.17, 15) is 4.79 Å². The molecule has 17 heavy (non-hydrogen) atoms. The Morgan fingerprint density at radius 1 is 1.35 bits per heavy atom. The smallest absolute Gasteiger partial charge is 0.167 e. The Hall–Kier alpha value is -1.57. The molecule has 0 fully saturated rings. The van der Waals surface area contributed by atoms with Crippen molar-refractivity contribution >= 4 is 16.7 Å². The highest BCUT2D eigenvalue weighted by Gasteiger charge is 2.17. The molecule has 0 aliphatic carbocycles. The van der Waals surface area contributed by atoms with Crippen LogP contribution in [-0.4, -0.2) is 10.4 Å². The average Bonchev–Trinajstić information content (AvgIpc) is 2.68. The first kappa shape index (κ1) is 11.9. The van der Waals surface area contributed by atoms with Crippen molar-refractivity contribution in [2.45, 2.75) is 34.2 Å². The van der Waals surface area contributed by atoms with Crippen LogP contribution in [0.3, 0.4) is 0 Å². The fraction of sp³-hybridized carbons (Fsp3) is 0.400. The Morgan fingerprint density at radius 3 is 2.65 bits per heavy atom. The zero-order valence-corrected chi connectivity index (χ0v) is 10.9. The van der Waals surface area contributed by atoms with Gasteiger partial charge in [0.05, 0.1) is 5.52 Å². The molecule has 0 bridgehead atoms. The van der Waals surface area contributed by atoms with Gasteiger partial charge in [-0.05, 0) is 19.4 Å². The molecule has 0 atom stereocenters. The lowest BCUT2D eigenvalue weighted by Gasteiger charge is -2.03. The molecule has 1 aromatic heterocycles. The third-order valence-electron chi connectivity index (χ3n) is 3.23. The molecule has 0 N–H and O–H groups in total. The normalized spacial score (nSPS) is 11.4. The van der Waals surface area contributed by atoms with Crippen LogP contribution < -0.4 is 0 Å². The first-order valence-electron chi connectivity index (χ1n) is 6.19. The summed E-state index contributed by atoms with van der Waals surface area (Å²) < 4.78 is 2.17. The van der Waals surface area contributed by atoms with Gasteiger partial charge < -0.3 is 4.57 Å². The molecule has 1 heterocycles. The maximum atomic E-state index is 12.2. The van der Waals surface area contributed by atoms with E-state index in [1.165, 1.54) is 11.1 Å². The molecule has 1 aromatic carbocycles. The quantitative estimate of drug-likeness (QED) is 0.733. The first-order valence-corrected chi connectivity index (χ1v) is 6.19. The van der Waals surface area contributed by atoms with Crippen LogP contribution in [-0.2, 0) is 6.54 Å². The van der Waals surface area contributed by atoms with Crippen molar-refractivity contribution < 1.29 is 4.79 Å². The van der Waals surface area contributed by atoms with E-state index in [4.69, 9.17) is 0 Å². The zero-order valence-electron chi connectivity index (χ0n) is 10.9. The van der Waals surface area contributed by atoms with E-state index in [2.05, 4.69) is 24.5 Å². The number of rotatable bonds is 3. The molecule has 90 valence electrons. The number of ketones is 1. The van der Waals surface area contributed by atoms with E-state index < -0.39 is 0 Å². The second kappa shape index (κ2) is 4.36. The van der Waals surface area contributed by atoms with Gasteiger partial charge in [0.2, 0.25) is 0 Å². The van der Waals surface area contributed by atoms with Gasteiger partial charge in [-0.15, -0.1) is 0 Å². The number of aromatic nitrogens is 1. The summed E-state index contributed by atoms with van der Waals surface area (Å²) in [6, 6.07) is 6.16. The van der Waals surface area contributed by atoms with Crippen LogP contribution in [0.2, 0.25) is 0 Å². The fourth-order valence-corrected chi connectivity index (χ4v) is 2.30. The number of hydrogen-bond donors (Lipinski definition) is 0. The Bertz CT molecular complexity index is 564. The summed E-state index contributed by atoms with van der Waals surface area (Å²) in [6.45, 7) is 9.00. The SMILES string of the molecule is CCn1cc(C(=O)C(C)C)c2cccc(C)c21. The zero-order chi connectivity index (χ0) is 12.6. The van der Waals surface area contributed by atoms with E-state index in [1.54, 1.807) is 0 Å². The van der Waals surface area contributed by atoms with Gasteiger partial charge in [-0.1, -0.05) is 32.0 Å². The molecule has 2 heteroatoms. The van der Waals surface area contributed by atoms with Crippen molar-refractivity contribution in [2.75, 3.05) is 0 Å². The summed E-state index contributed by atoms with van der Waals surface area (Å²) in [5.41, 5.74) is 3.28. The molecule has 0 aliphatic rings. The van der Waals surface area contributed by atoms with E-state index in [-0.39, 0.29) is 11.7 Å².